The number of amides is 1. The van der Waals surface area contributed by atoms with Crippen LogP contribution < -0.4 is 0 Å². The van der Waals surface area contributed by atoms with Gasteiger partial charge in [0, 0.05) is 29.8 Å². The number of fused-ring (bicyclic) bond motifs is 2. The van der Waals surface area contributed by atoms with Crippen LogP contribution in [-0.4, -0.2) is 46.1 Å². The Bertz CT molecular complexity index is 901. The molecule has 2 heterocycles. The molecular weight excluding hydrogens is 436 g/mol. The lowest BCUT2D eigenvalue weighted by Gasteiger charge is -2.53. The minimum atomic E-state index is -0.533. The highest BCUT2D eigenvalue weighted by Gasteiger charge is 2.54. The average Bonchev–Trinajstić information content (AvgIpc) is 3.40. The number of thiazole rings is 1. The summed E-state index contributed by atoms with van der Waals surface area (Å²) in [5.74, 6) is 0.00358. The fraction of sp³-hybridized carbons (Fsp3) is 0.808. The average molecular weight is 477 g/mol. The van der Waals surface area contributed by atoms with Crippen molar-refractivity contribution in [2.75, 3.05) is 13.1 Å². The van der Waals surface area contributed by atoms with Gasteiger partial charge in [-0.05, 0) is 70.1 Å². The van der Waals surface area contributed by atoms with Gasteiger partial charge in [-0.1, -0.05) is 20.8 Å². The summed E-state index contributed by atoms with van der Waals surface area (Å²) in [5, 5.41) is 12.4. The van der Waals surface area contributed by atoms with Crippen molar-refractivity contribution in [3.63, 3.8) is 0 Å². The summed E-state index contributed by atoms with van der Waals surface area (Å²) >= 11 is 1.65. The van der Waals surface area contributed by atoms with E-state index in [-0.39, 0.29) is 47.6 Å². The van der Waals surface area contributed by atoms with E-state index in [1.54, 1.807) is 11.3 Å². The molecule has 7 heteroatoms. The summed E-state index contributed by atoms with van der Waals surface area (Å²) in [7, 11) is 0. The zero-order chi connectivity index (χ0) is 24.1. The van der Waals surface area contributed by atoms with Gasteiger partial charge >= 0.3 is 5.97 Å². The van der Waals surface area contributed by atoms with E-state index in [0.29, 0.717) is 0 Å². The zero-order valence-corrected chi connectivity index (χ0v) is 21.8. The summed E-state index contributed by atoms with van der Waals surface area (Å²) < 4.78 is 5.51. The summed E-state index contributed by atoms with van der Waals surface area (Å²) in [6.45, 7) is 13.9. The Morgan fingerprint density at radius 1 is 1.30 bits per heavy atom. The molecule has 6 nitrogen and oxygen atoms in total. The Labute approximate surface area is 202 Å². The molecule has 2 aliphatic carbocycles. The number of rotatable bonds is 4. The fourth-order valence-corrected chi connectivity index (χ4v) is 7.70. The van der Waals surface area contributed by atoms with Crippen molar-refractivity contribution < 1.29 is 19.4 Å². The normalized spacial score (nSPS) is 32.8. The van der Waals surface area contributed by atoms with E-state index in [1.165, 1.54) is 4.88 Å². The van der Waals surface area contributed by atoms with Crippen LogP contribution in [0.5, 0.6) is 0 Å². The third kappa shape index (κ3) is 4.60. The van der Waals surface area contributed by atoms with Crippen LogP contribution >= 0.6 is 11.3 Å². The SMILES string of the molecule is CC(C(=O)N1CCCC1)C1CCC2(C)Cc3sc(COC(=O)C(C)(C)C)nc3C(C)C2C1O. The van der Waals surface area contributed by atoms with Gasteiger partial charge in [-0.2, -0.15) is 0 Å². The van der Waals surface area contributed by atoms with Gasteiger partial charge in [0.25, 0.3) is 0 Å². The van der Waals surface area contributed by atoms with Crippen LogP contribution in [0.4, 0.5) is 0 Å². The number of aliphatic hydroxyl groups is 1. The number of esters is 1. The molecule has 0 spiro atoms. The molecule has 0 bridgehead atoms. The largest absolute Gasteiger partial charge is 0.458 e. The maximum atomic E-state index is 13.1. The Morgan fingerprint density at radius 2 is 1.97 bits per heavy atom. The number of carbonyl (C=O) groups is 2. The number of nitrogens with zero attached hydrogens (tertiary/aromatic N) is 2. The predicted molar refractivity (Wildman–Crippen MR) is 129 cm³/mol. The van der Waals surface area contributed by atoms with Crippen LogP contribution in [0.15, 0.2) is 0 Å². The predicted octanol–water partition coefficient (Wildman–Crippen LogP) is 4.54. The molecule has 1 amide bonds. The van der Waals surface area contributed by atoms with Gasteiger partial charge in [0.15, 0.2) is 0 Å². The second-order valence-corrected chi connectivity index (χ2v) is 13.1. The smallest absolute Gasteiger partial charge is 0.311 e. The summed E-state index contributed by atoms with van der Waals surface area (Å²) in [6, 6.07) is 0. The molecule has 1 aromatic rings. The lowest BCUT2D eigenvalue weighted by molar-refractivity contribution is -0.154. The number of aromatic nitrogens is 1. The highest BCUT2D eigenvalue weighted by molar-refractivity contribution is 7.11. The van der Waals surface area contributed by atoms with E-state index in [0.717, 1.165) is 55.9 Å². The van der Waals surface area contributed by atoms with Crippen molar-refractivity contribution in [1.82, 2.24) is 9.88 Å². The molecule has 1 saturated heterocycles. The lowest BCUT2D eigenvalue weighted by Crippen LogP contribution is -2.53. The van der Waals surface area contributed by atoms with Crippen molar-refractivity contribution >= 4 is 23.2 Å². The molecule has 1 N–H and O–H groups in total. The van der Waals surface area contributed by atoms with Gasteiger partial charge in [0.05, 0.1) is 17.2 Å². The van der Waals surface area contributed by atoms with E-state index >= 15 is 0 Å². The maximum absolute atomic E-state index is 13.1. The molecule has 6 atom stereocenters. The van der Waals surface area contributed by atoms with Crippen molar-refractivity contribution in [2.45, 2.75) is 92.3 Å². The Kier molecular flexibility index (Phi) is 6.69. The van der Waals surface area contributed by atoms with Crippen molar-refractivity contribution in [3.8, 4) is 0 Å². The van der Waals surface area contributed by atoms with E-state index in [2.05, 4.69) is 13.8 Å². The fourth-order valence-electron chi connectivity index (χ4n) is 6.41. The quantitative estimate of drug-likeness (QED) is 0.645. The van der Waals surface area contributed by atoms with Crippen LogP contribution in [-0.2, 0) is 27.4 Å². The Hall–Kier alpha value is -1.47. The van der Waals surface area contributed by atoms with Crippen LogP contribution in [0.1, 0.15) is 88.7 Å². The van der Waals surface area contributed by atoms with Gasteiger partial charge in [-0.15, -0.1) is 11.3 Å². The van der Waals surface area contributed by atoms with Crippen LogP contribution in [0.2, 0.25) is 0 Å². The van der Waals surface area contributed by atoms with Gasteiger partial charge < -0.3 is 14.7 Å². The second-order valence-electron chi connectivity index (χ2n) is 11.9. The minimum absolute atomic E-state index is 0.00831. The lowest BCUT2D eigenvalue weighted by atomic mass is 9.53. The molecule has 0 radical (unpaired) electrons. The van der Waals surface area contributed by atoms with E-state index in [4.69, 9.17) is 9.72 Å². The first-order valence-corrected chi connectivity index (χ1v) is 13.4. The molecule has 0 aromatic carbocycles. The maximum Gasteiger partial charge on any atom is 0.311 e. The number of likely N-dealkylation sites (tertiary alicyclic amines) is 1. The van der Waals surface area contributed by atoms with Crippen LogP contribution in [0.25, 0.3) is 0 Å². The number of hydrogen-bond donors (Lipinski definition) is 1. The third-order valence-corrected chi connectivity index (χ3v) is 9.40. The van der Waals surface area contributed by atoms with Crippen LogP contribution in [0, 0.1) is 28.6 Å². The highest BCUT2D eigenvalue weighted by Crippen LogP contribution is 2.57. The van der Waals surface area contributed by atoms with Crippen molar-refractivity contribution in [2.24, 2.45) is 28.6 Å². The van der Waals surface area contributed by atoms with E-state index in [9.17, 15) is 14.7 Å². The third-order valence-electron chi connectivity index (χ3n) is 8.35. The molecule has 1 aliphatic heterocycles. The monoisotopic (exact) mass is 476 g/mol. The molecule has 6 unspecified atom stereocenters. The van der Waals surface area contributed by atoms with Gasteiger partial charge in [0.2, 0.25) is 5.91 Å². The Morgan fingerprint density at radius 3 is 2.61 bits per heavy atom. The molecule has 1 saturated carbocycles. The minimum Gasteiger partial charge on any atom is -0.458 e. The number of hydrogen-bond acceptors (Lipinski definition) is 6. The van der Waals surface area contributed by atoms with Gasteiger partial charge in [0.1, 0.15) is 11.6 Å². The zero-order valence-electron chi connectivity index (χ0n) is 21.0. The molecule has 1 aromatic heterocycles. The molecule has 3 aliphatic rings. The molecular formula is C26H40N2O4S. The molecule has 4 rings (SSSR count). The molecule has 184 valence electrons. The highest BCUT2D eigenvalue weighted by atomic mass is 32.1. The summed E-state index contributed by atoms with van der Waals surface area (Å²) in [4.78, 5) is 33.4. The summed E-state index contributed by atoms with van der Waals surface area (Å²) in [6.07, 6.45) is 4.43. The first-order valence-electron chi connectivity index (χ1n) is 12.5. The topological polar surface area (TPSA) is 79.7 Å². The number of carbonyl (C=O) groups excluding carboxylic acids is 2. The van der Waals surface area contributed by atoms with E-state index < -0.39 is 11.5 Å². The summed E-state index contributed by atoms with van der Waals surface area (Å²) in [5.41, 5.74) is 0.502. The Balaban J connectivity index is 1.51. The first kappa shape index (κ1) is 24.6. The number of ether oxygens (including phenoxy) is 1. The van der Waals surface area contributed by atoms with Gasteiger partial charge in [-0.3, -0.25) is 9.59 Å². The van der Waals surface area contributed by atoms with E-state index in [1.807, 2.05) is 32.6 Å². The number of aliphatic hydroxyl groups excluding tert-OH is 1. The van der Waals surface area contributed by atoms with Crippen molar-refractivity contribution in [1.29, 1.82) is 0 Å². The standard InChI is InChI=1S/C26H40N2O4S/c1-15(23(30)28-11-7-8-12-28)17-9-10-26(6)13-18-21(16(2)20(26)22(17)29)27-19(33-18)14-32-24(31)25(3,4)5/h15-17,20,22,29H,7-14H2,1-6H3. The second kappa shape index (κ2) is 8.95. The van der Waals surface area contributed by atoms with Crippen molar-refractivity contribution in [3.05, 3.63) is 15.6 Å². The molecule has 33 heavy (non-hydrogen) atoms. The first-order chi connectivity index (χ1) is 15.4. The van der Waals surface area contributed by atoms with Crippen LogP contribution in [0.3, 0.4) is 0 Å². The van der Waals surface area contributed by atoms with Gasteiger partial charge in [-0.25, -0.2) is 4.98 Å². The molecule has 2 fully saturated rings.